The van der Waals surface area contributed by atoms with Crippen LogP contribution in [0.25, 0.3) is 99.8 Å². The minimum Gasteiger partial charge on any atom is -0.247 e. The average Bonchev–Trinajstić information content (AvgIpc) is 3.24. The predicted molar refractivity (Wildman–Crippen MR) is 215 cm³/mol. The van der Waals surface area contributed by atoms with Crippen molar-refractivity contribution in [2.24, 2.45) is 0 Å². The first-order valence-electron chi connectivity index (χ1n) is 17.8. The molecule has 0 saturated heterocycles. The van der Waals surface area contributed by atoms with E-state index in [1.807, 2.05) is 30.3 Å². The van der Waals surface area contributed by atoms with Crippen LogP contribution in [0, 0.1) is 17.5 Å². The highest BCUT2D eigenvalue weighted by atomic mass is 19.1. The van der Waals surface area contributed by atoms with Crippen molar-refractivity contribution in [3.63, 3.8) is 0 Å². The van der Waals surface area contributed by atoms with Gasteiger partial charge in [-0.25, -0.2) is 33.1 Å². The van der Waals surface area contributed by atoms with Gasteiger partial charge in [-0.05, 0) is 118 Å². The lowest BCUT2D eigenvalue weighted by Crippen LogP contribution is -2.00. The van der Waals surface area contributed by atoms with Gasteiger partial charge in [-0.15, -0.1) is 0 Å². The molecular formula is C48H27F3N4. The van der Waals surface area contributed by atoms with Crippen molar-refractivity contribution in [1.29, 1.82) is 0 Å². The monoisotopic (exact) mass is 716 g/mol. The molecule has 0 unspecified atom stereocenters. The van der Waals surface area contributed by atoms with Crippen molar-refractivity contribution in [2.45, 2.75) is 0 Å². The molecule has 0 spiro atoms. The number of aromatic nitrogens is 4. The van der Waals surface area contributed by atoms with Crippen molar-refractivity contribution in [3.05, 3.63) is 181 Å². The van der Waals surface area contributed by atoms with Gasteiger partial charge >= 0.3 is 0 Å². The van der Waals surface area contributed by atoms with E-state index in [-0.39, 0.29) is 17.5 Å². The molecule has 0 amide bonds. The van der Waals surface area contributed by atoms with Crippen molar-refractivity contribution < 1.29 is 13.2 Å². The third kappa shape index (κ3) is 5.74. The molecule has 0 aliphatic rings. The lowest BCUT2D eigenvalue weighted by molar-refractivity contribution is 0.627. The molecule has 0 N–H and O–H groups in total. The highest BCUT2D eigenvalue weighted by molar-refractivity contribution is 6.33. The van der Waals surface area contributed by atoms with E-state index in [9.17, 15) is 13.2 Å². The third-order valence-electron chi connectivity index (χ3n) is 10.1. The molecule has 55 heavy (non-hydrogen) atoms. The molecule has 0 atom stereocenters. The Balaban J connectivity index is 1.17. The number of hydrogen-bond acceptors (Lipinski definition) is 4. The topological polar surface area (TPSA) is 51.6 Å². The van der Waals surface area contributed by atoms with Crippen molar-refractivity contribution in [1.82, 2.24) is 19.9 Å². The van der Waals surface area contributed by atoms with E-state index in [0.717, 1.165) is 71.2 Å². The Labute approximate surface area is 313 Å². The second-order valence-corrected chi connectivity index (χ2v) is 13.4. The van der Waals surface area contributed by atoms with Gasteiger partial charge in [0.1, 0.15) is 17.5 Å². The quantitative estimate of drug-likeness (QED) is 0.166. The van der Waals surface area contributed by atoms with E-state index < -0.39 is 0 Å². The molecule has 2 heterocycles. The Morgan fingerprint density at radius 3 is 1.29 bits per heavy atom. The lowest BCUT2D eigenvalue weighted by atomic mass is 9.89. The van der Waals surface area contributed by atoms with Crippen LogP contribution in [0.4, 0.5) is 13.2 Å². The SMILES string of the molecule is Fc1ccc(-c2nc(-c3ccc(F)cc3)nc(-c3cccc(-c4ccc5c(c4)nc(-c4ccc(F)cc4)c4c6ccccc6c6ccccc6c54)c3)n2)cc1. The number of benzene rings is 8. The summed E-state index contributed by atoms with van der Waals surface area (Å²) >= 11 is 0. The number of nitrogens with zero attached hydrogens (tertiary/aromatic N) is 4. The molecule has 2 aromatic heterocycles. The molecule has 0 radical (unpaired) electrons. The van der Waals surface area contributed by atoms with Crippen molar-refractivity contribution in [2.75, 3.05) is 0 Å². The van der Waals surface area contributed by atoms with E-state index >= 15 is 0 Å². The summed E-state index contributed by atoms with van der Waals surface area (Å²) in [6, 6.07) is 49.5. The molecular weight excluding hydrogens is 690 g/mol. The molecule has 4 nitrogen and oxygen atoms in total. The molecule has 260 valence electrons. The molecule has 0 saturated carbocycles. The second-order valence-electron chi connectivity index (χ2n) is 13.4. The molecule has 10 aromatic rings. The van der Waals surface area contributed by atoms with Crippen molar-refractivity contribution >= 4 is 43.2 Å². The zero-order valence-electron chi connectivity index (χ0n) is 29.0. The van der Waals surface area contributed by atoms with E-state index in [1.165, 1.54) is 36.4 Å². The average molecular weight is 717 g/mol. The van der Waals surface area contributed by atoms with E-state index in [2.05, 4.69) is 65.6 Å². The number of hydrogen-bond donors (Lipinski definition) is 0. The van der Waals surface area contributed by atoms with Gasteiger partial charge in [-0.3, -0.25) is 0 Å². The van der Waals surface area contributed by atoms with Gasteiger partial charge in [0.05, 0.1) is 11.2 Å². The zero-order chi connectivity index (χ0) is 37.0. The maximum atomic E-state index is 14.2. The Hall–Kier alpha value is -7.25. The summed E-state index contributed by atoms with van der Waals surface area (Å²) in [4.78, 5) is 19.6. The third-order valence-corrected chi connectivity index (χ3v) is 10.1. The lowest BCUT2D eigenvalue weighted by Gasteiger charge is -2.17. The van der Waals surface area contributed by atoms with Gasteiger partial charge < -0.3 is 0 Å². The van der Waals surface area contributed by atoms with Crippen LogP contribution in [0.15, 0.2) is 164 Å². The highest BCUT2D eigenvalue weighted by Gasteiger charge is 2.19. The van der Waals surface area contributed by atoms with Gasteiger partial charge in [0.25, 0.3) is 0 Å². The predicted octanol–water partition coefficient (Wildman–Crippen LogP) is 12.6. The summed E-state index contributed by atoms with van der Waals surface area (Å²) in [5.74, 6) is 0.105. The fraction of sp³-hybridized carbons (Fsp3) is 0. The molecule has 0 aliphatic carbocycles. The first-order valence-corrected chi connectivity index (χ1v) is 17.8. The zero-order valence-corrected chi connectivity index (χ0v) is 29.0. The molecule has 0 bridgehead atoms. The van der Waals surface area contributed by atoms with Crippen molar-refractivity contribution in [3.8, 4) is 56.5 Å². The Morgan fingerprint density at radius 1 is 0.291 bits per heavy atom. The second kappa shape index (κ2) is 13.0. The normalized spacial score (nSPS) is 11.5. The highest BCUT2D eigenvalue weighted by Crippen LogP contribution is 2.43. The van der Waals surface area contributed by atoms with Crippen LogP contribution in [0.1, 0.15) is 0 Å². The number of halogens is 3. The minimum atomic E-state index is -0.367. The number of rotatable bonds is 5. The van der Waals surface area contributed by atoms with Gasteiger partial charge in [-0.2, -0.15) is 0 Å². The molecule has 0 fully saturated rings. The Bertz CT molecular complexity index is 3040. The van der Waals surface area contributed by atoms with Crippen LogP contribution in [-0.4, -0.2) is 19.9 Å². The van der Waals surface area contributed by atoms with Gasteiger partial charge in [0.2, 0.25) is 0 Å². The maximum absolute atomic E-state index is 14.2. The molecule has 10 rings (SSSR count). The van der Waals surface area contributed by atoms with Gasteiger partial charge in [0.15, 0.2) is 17.5 Å². The van der Waals surface area contributed by atoms with Gasteiger partial charge in [-0.1, -0.05) is 78.9 Å². The Kier molecular flexibility index (Phi) is 7.66. The Morgan fingerprint density at radius 2 is 0.727 bits per heavy atom. The summed E-state index contributed by atoms with van der Waals surface area (Å²) in [6.45, 7) is 0. The van der Waals surface area contributed by atoms with E-state index in [0.29, 0.717) is 28.6 Å². The van der Waals surface area contributed by atoms with E-state index in [1.54, 1.807) is 36.4 Å². The largest absolute Gasteiger partial charge is 0.247 e. The summed E-state index contributed by atoms with van der Waals surface area (Å²) in [7, 11) is 0. The van der Waals surface area contributed by atoms with Crippen LogP contribution in [0.2, 0.25) is 0 Å². The van der Waals surface area contributed by atoms with Crippen LogP contribution in [0.3, 0.4) is 0 Å². The summed E-state index contributed by atoms with van der Waals surface area (Å²) < 4.78 is 41.9. The van der Waals surface area contributed by atoms with Crippen LogP contribution >= 0.6 is 0 Å². The maximum Gasteiger partial charge on any atom is 0.164 e. The summed E-state index contributed by atoms with van der Waals surface area (Å²) in [5.41, 5.74) is 6.23. The first-order chi connectivity index (χ1) is 27.0. The van der Waals surface area contributed by atoms with Gasteiger partial charge in [0, 0.05) is 38.4 Å². The molecule has 8 aromatic carbocycles. The molecule has 7 heteroatoms. The molecule has 0 aliphatic heterocycles. The van der Waals surface area contributed by atoms with E-state index in [4.69, 9.17) is 15.0 Å². The number of pyridine rings is 1. The smallest absolute Gasteiger partial charge is 0.164 e. The standard InChI is InChI=1S/C48H27F3N4/c49-34-19-12-28(13-20-34)45-44-40-11-4-2-9-38(40)37-8-1-3-10-39(37)43(44)41-25-18-32(27-42(41)52-45)31-6-5-7-33(26-31)48-54-46(29-14-21-35(50)22-15-29)53-47(55-48)30-16-23-36(51)24-17-30/h1-27H. The minimum absolute atomic E-state index is 0.306. The summed E-state index contributed by atoms with van der Waals surface area (Å²) in [5, 5.41) is 7.60. The van der Waals surface area contributed by atoms with Crippen LogP contribution < -0.4 is 0 Å². The van der Waals surface area contributed by atoms with Crippen LogP contribution in [0.5, 0.6) is 0 Å². The fourth-order valence-electron chi connectivity index (χ4n) is 7.47. The fourth-order valence-corrected chi connectivity index (χ4v) is 7.47. The first kappa shape index (κ1) is 32.4. The number of fused-ring (bicyclic) bond motifs is 8. The summed E-state index contributed by atoms with van der Waals surface area (Å²) in [6.07, 6.45) is 0. The van der Waals surface area contributed by atoms with Crippen LogP contribution in [-0.2, 0) is 0 Å².